The molecule has 3 heterocycles. The van der Waals surface area contributed by atoms with E-state index in [0.717, 1.165) is 27.7 Å². The number of allylic oxidation sites excluding steroid dienone is 1. The number of nitrogens with zero attached hydrogens (tertiary/aromatic N) is 1. The first-order valence-electron chi connectivity index (χ1n) is 8.88. The van der Waals surface area contributed by atoms with E-state index in [2.05, 4.69) is 5.32 Å². The average molecular weight is 336 g/mol. The van der Waals surface area contributed by atoms with Gasteiger partial charge in [0.05, 0.1) is 11.6 Å². The van der Waals surface area contributed by atoms with E-state index < -0.39 is 11.5 Å². The van der Waals surface area contributed by atoms with Crippen LogP contribution in [0, 0.1) is 5.92 Å². The first-order chi connectivity index (χ1) is 12.1. The van der Waals surface area contributed by atoms with Crippen molar-refractivity contribution in [1.82, 2.24) is 9.88 Å². The second-order valence-electron chi connectivity index (χ2n) is 7.37. The molecule has 1 amide bonds. The minimum Gasteiger partial charge on any atom is -0.387 e. The molecule has 5 heteroatoms. The van der Waals surface area contributed by atoms with Crippen molar-refractivity contribution in [3.05, 3.63) is 47.2 Å². The first kappa shape index (κ1) is 14.9. The maximum absolute atomic E-state index is 13.2. The van der Waals surface area contributed by atoms with Crippen LogP contribution in [0.3, 0.4) is 0 Å². The van der Waals surface area contributed by atoms with Crippen LogP contribution < -0.4 is 5.32 Å². The molecule has 1 aromatic carbocycles. The van der Waals surface area contributed by atoms with Gasteiger partial charge in [-0.25, -0.2) is 0 Å². The molecule has 2 unspecified atom stereocenters. The standard InChI is InChI=1S/C20H20N2O3/c1-2-11-9-12-10-20(17(11)23)16-14(7-8-21-19(20)25)13-5-3-4-6-15(13)22(16)18(12)24/h2-6,12,17,23H,7-10H2,1H3,(H,21,25)/t12?,17?,20-/m1/s1. The Kier molecular flexibility index (Phi) is 2.87. The van der Waals surface area contributed by atoms with Crippen LogP contribution in [0.15, 0.2) is 35.9 Å². The maximum atomic E-state index is 13.2. The lowest BCUT2D eigenvalue weighted by Gasteiger charge is -2.47. The van der Waals surface area contributed by atoms with Crippen molar-refractivity contribution in [3.63, 3.8) is 0 Å². The SMILES string of the molecule is CC=C1CC2C[C@]3(C(=O)NCCc4c3n(c3ccccc43)C2=O)C1O. The Labute approximate surface area is 145 Å². The molecule has 1 spiro atoms. The van der Waals surface area contributed by atoms with Gasteiger partial charge in [-0.15, -0.1) is 0 Å². The van der Waals surface area contributed by atoms with Gasteiger partial charge in [0.25, 0.3) is 0 Å². The summed E-state index contributed by atoms with van der Waals surface area (Å²) in [6, 6.07) is 7.84. The molecule has 5 rings (SSSR count). The van der Waals surface area contributed by atoms with Crippen LogP contribution in [0.5, 0.6) is 0 Å². The van der Waals surface area contributed by atoms with Gasteiger partial charge in [0.15, 0.2) is 0 Å². The topological polar surface area (TPSA) is 71.3 Å². The summed E-state index contributed by atoms with van der Waals surface area (Å²) in [5.74, 6) is -0.372. The summed E-state index contributed by atoms with van der Waals surface area (Å²) >= 11 is 0. The fourth-order valence-corrected chi connectivity index (χ4v) is 5.18. The molecule has 1 aliphatic carbocycles. The van der Waals surface area contributed by atoms with Crippen LogP contribution in [0.2, 0.25) is 0 Å². The number of fused-ring (bicyclic) bond motifs is 4. The van der Waals surface area contributed by atoms with Crippen molar-refractivity contribution in [2.24, 2.45) is 5.92 Å². The third kappa shape index (κ3) is 1.62. The van der Waals surface area contributed by atoms with Crippen molar-refractivity contribution < 1.29 is 14.7 Å². The Morgan fingerprint density at radius 1 is 1.32 bits per heavy atom. The van der Waals surface area contributed by atoms with Gasteiger partial charge in [0.1, 0.15) is 5.41 Å². The molecule has 25 heavy (non-hydrogen) atoms. The van der Waals surface area contributed by atoms with Crippen LogP contribution in [0.4, 0.5) is 0 Å². The Morgan fingerprint density at radius 3 is 2.92 bits per heavy atom. The predicted octanol–water partition coefficient (Wildman–Crippen LogP) is 1.92. The molecule has 1 saturated carbocycles. The van der Waals surface area contributed by atoms with E-state index in [0.29, 0.717) is 25.8 Å². The van der Waals surface area contributed by atoms with E-state index in [1.54, 1.807) is 4.57 Å². The Balaban J connectivity index is 1.96. The number of aliphatic hydroxyl groups excluding tert-OH is 1. The summed E-state index contributed by atoms with van der Waals surface area (Å²) in [6.07, 6.45) is 2.56. The number of para-hydroxylation sites is 1. The third-order valence-electron chi connectivity index (χ3n) is 6.28. The van der Waals surface area contributed by atoms with E-state index in [-0.39, 0.29) is 17.7 Å². The number of hydrogen-bond donors (Lipinski definition) is 2. The zero-order valence-corrected chi connectivity index (χ0v) is 14.1. The van der Waals surface area contributed by atoms with Gasteiger partial charge in [-0.2, -0.15) is 0 Å². The number of benzene rings is 1. The molecular weight excluding hydrogens is 316 g/mol. The third-order valence-corrected chi connectivity index (χ3v) is 6.28. The van der Waals surface area contributed by atoms with Crippen molar-refractivity contribution in [3.8, 4) is 0 Å². The quantitative estimate of drug-likeness (QED) is 0.722. The van der Waals surface area contributed by atoms with Crippen molar-refractivity contribution >= 4 is 22.7 Å². The molecule has 5 nitrogen and oxygen atoms in total. The van der Waals surface area contributed by atoms with Crippen molar-refractivity contribution in [2.75, 3.05) is 6.54 Å². The molecule has 3 aliphatic rings. The van der Waals surface area contributed by atoms with Crippen LogP contribution >= 0.6 is 0 Å². The van der Waals surface area contributed by atoms with E-state index in [1.165, 1.54) is 0 Å². The summed E-state index contributed by atoms with van der Waals surface area (Å²) in [7, 11) is 0. The molecule has 0 saturated heterocycles. The number of carbonyl (C=O) groups is 2. The zero-order valence-electron chi connectivity index (χ0n) is 14.1. The normalized spacial score (nSPS) is 32.5. The maximum Gasteiger partial charge on any atom is 0.235 e. The highest BCUT2D eigenvalue weighted by Gasteiger charge is 2.60. The second kappa shape index (κ2) is 4.82. The minimum absolute atomic E-state index is 0.0500. The molecule has 0 radical (unpaired) electrons. The molecule has 2 N–H and O–H groups in total. The monoisotopic (exact) mass is 336 g/mol. The highest BCUT2D eigenvalue weighted by Crippen LogP contribution is 2.52. The molecule has 2 bridgehead atoms. The smallest absolute Gasteiger partial charge is 0.235 e. The van der Waals surface area contributed by atoms with Gasteiger partial charge in [-0.3, -0.25) is 14.2 Å². The van der Waals surface area contributed by atoms with Gasteiger partial charge in [-0.1, -0.05) is 24.3 Å². The number of rotatable bonds is 0. The van der Waals surface area contributed by atoms with Crippen molar-refractivity contribution in [1.29, 1.82) is 0 Å². The average Bonchev–Trinajstić information content (AvgIpc) is 2.88. The first-order valence-corrected chi connectivity index (χ1v) is 8.88. The van der Waals surface area contributed by atoms with Crippen LogP contribution in [-0.4, -0.2) is 34.1 Å². The second-order valence-corrected chi connectivity index (χ2v) is 7.37. The van der Waals surface area contributed by atoms with Gasteiger partial charge >= 0.3 is 0 Å². The Morgan fingerprint density at radius 2 is 2.12 bits per heavy atom. The molecular formula is C20H20N2O3. The zero-order chi connectivity index (χ0) is 17.3. The minimum atomic E-state index is -1.07. The number of aromatic nitrogens is 1. The van der Waals surface area contributed by atoms with Gasteiger partial charge < -0.3 is 10.4 Å². The van der Waals surface area contributed by atoms with Crippen LogP contribution in [0.1, 0.15) is 35.8 Å². The summed E-state index contributed by atoms with van der Waals surface area (Å²) in [4.78, 5) is 26.4. The van der Waals surface area contributed by atoms with E-state index in [4.69, 9.17) is 0 Å². The Hall–Kier alpha value is -2.40. The number of hydrogen-bond acceptors (Lipinski definition) is 3. The van der Waals surface area contributed by atoms with Crippen molar-refractivity contribution in [2.45, 2.75) is 37.7 Å². The number of aliphatic hydroxyl groups is 1. The number of nitrogens with one attached hydrogen (secondary N) is 1. The van der Waals surface area contributed by atoms with E-state index in [1.807, 2.05) is 37.3 Å². The van der Waals surface area contributed by atoms with E-state index in [9.17, 15) is 14.7 Å². The van der Waals surface area contributed by atoms with Crippen LogP contribution in [0.25, 0.3) is 10.9 Å². The van der Waals surface area contributed by atoms with E-state index >= 15 is 0 Å². The lowest BCUT2D eigenvalue weighted by Crippen LogP contribution is -2.60. The highest BCUT2D eigenvalue weighted by atomic mass is 16.3. The molecule has 2 aromatic rings. The highest BCUT2D eigenvalue weighted by molar-refractivity contribution is 6.04. The van der Waals surface area contributed by atoms with Gasteiger partial charge in [-0.05, 0) is 43.4 Å². The number of amides is 1. The molecule has 3 atom stereocenters. The largest absolute Gasteiger partial charge is 0.387 e. The lowest BCUT2D eigenvalue weighted by molar-refractivity contribution is -0.132. The predicted molar refractivity (Wildman–Crippen MR) is 93.4 cm³/mol. The summed E-state index contributed by atoms with van der Waals surface area (Å²) < 4.78 is 1.74. The van der Waals surface area contributed by atoms with Crippen LogP contribution in [-0.2, 0) is 16.6 Å². The van der Waals surface area contributed by atoms with Gasteiger partial charge in [0.2, 0.25) is 11.8 Å². The fourth-order valence-electron chi connectivity index (χ4n) is 5.18. The Bertz CT molecular complexity index is 971. The molecule has 1 fully saturated rings. The summed E-state index contributed by atoms with van der Waals surface area (Å²) in [6.45, 7) is 2.39. The molecule has 1 aromatic heterocycles. The summed E-state index contributed by atoms with van der Waals surface area (Å²) in [5.41, 5.74) is 2.33. The van der Waals surface area contributed by atoms with Gasteiger partial charge in [0, 0.05) is 23.5 Å². The lowest BCUT2D eigenvalue weighted by atomic mass is 9.60. The summed E-state index contributed by atoms with van der Waals surface area (Å²) in [5, 5.41) is 15.2. The number of carbonyl (C=O) groups excluding carboxylic acids is 2. The molecule has 128 valence electrons. The fraction of sp³-hybridized carbons (Fsp3) is 0.400. The molecule has 2 aliphatic heterocycles.